The lowest BCUT2D eigenvalue weighted by molar-refractivity contribution is -0.136. The highest BCUT2D eigenvalue weighted by Gasteiger charge is 2.25. The van der Waals surface area contributed by atoms with E-state index in [1.165, 1.54) is 0 Å². The van der Waals surface area contributed by atoms with Gasteiger partial charge in [-0.3, -0.25) is 14.5 Å². The summed E-state index contributed by atoms with van der Waals surface area (Å²) in [6.07, 6.45) is 1.96. The molecule has 166 valence electrons. The molecule has 1 heterocycles. The number of hydrogen-bond donors (Lipinski definition) is 2. The monoisotopic (exact) mass is 449 g/mol. The van der Waals surface area contributed by atoms with Crippen LogP contribution in [0.25, 0.3) is 10.8 Å². The Bertz CT molecular complexity index is 1090. The van der Waals surface area contributed by atoms with Crippen LogP contribution >= 0.6 is 11.8 Å². The standard InChI is InChI=1S/C25H27N3O3S/c1-32-20-9-5-8-19(16-20)27-25(30)24(29)26-17-23(28-12-14-31-15-13-28)22-11-4-7-18-6-2-3-10-21(18)22/h2-11,16,23H,12-15,17H2,1H3,(H,26,29)(H,27,30). The molecule has 0 bridgehead atoms. The first-order chi connectivity index (χ1) is 15.7. The lowest BCUT2D eigenvalue weighted by Gasteiger charge is -2.35. The number of carbonyl (C=O) groups is 2. The topological polar surface area (TPSA) is 70.7 Å². The van der Waals surface area contributed by atoms with Crippen molar-refractivity contribution < 1.29 is 14.3 Å². The third-order valence-electron chi connectivity index (χ3n) is 5.66. The van der Waals surface area contributed by atoms with E-state index in [0.717, 1.165) is 34.3 Å². The van der Waals surface area contributed by atoms with Gasteiger partial charge in [-0.25, -0.2) is 0 Å². The molecule has 4 rings (SSSR count). The number of thioether (sulfide) groups is 1. The van der Waals surface area contributed by atoms with Crippen molar-refractivity contribution in [1.82, 2.24) is 10.2 Å². The normalized spacial score (nSPS) is 15.3. The average molecular weight is 450 g/mol. The van der Waals surface area contributed by atoms with Gasteiger partial charge in [-0.05, 0) is 40.8 Å². The Labute approximate surface area is 192 Å². The second kappa shape index (κ2) is 10.6. The van der Waals surface area contributed by atoms with E-state index in [1.54, 1.807) is 17.8 Å². The summed E-state index contributed by atoms with van der Waals surface area (Å²) in [7, 11) is 0. The highest BCUT2D eigenvalue weighted by atomic mass is 32.2. The molecule has 0 saturated carbocycles. The zero-order valence-corrected chi connectivity index (χ0v) is 18.9. The maximum Gasteiger partial charge on any atom is 0.313 e. The van der Waals surface area contributed by atoms with E-state index >= 15 is 0 Å². The number of amides is 2. The number of rotatable bonds is 6. The molecule has 7 heteroatoms. The summed E-state index contributed by atoms with van der Waals surface area (Å²) in [5.74, 6) is -1.31. The van der Waals surface area contributed by atoms with E-state index in [4.69, 9.17) is 4.74 Å². The predicted octanol–water partition coefficient (Wildman–Crippen LogP) is 3.69. The fourth-order valence-corrected chi connectivity index (χ4v) is 4.48. The van der Waals surface area contributed by atoms with Crippen molar-refractivity contribution in [2.24, 2.45) is 0 Å². The van der Waals surface area contributed by atoms with E-state index in [1.807, 2.05) is 42.7 Å². The van der Waals surface area contributed by atoms with Crippen LogP contribution in [0, 0.1) is 0 Å². The third kappa shape index (κ3) is 5.30. The van der Waals surface area contributed by atoms with Gasteiger partial charge in [0.05, 0.1) is 19.3 Å². The van der Waals surface area contributed by atoms with Gasteiger partial charge in [0.15, 0.2) is 0 Å². The van der Waals surface area contributed by atoms with Crippen molar-refractivity contribution in [2.45, 2.75) is 10.9 Å². The van der Waals surface area contributed by atoms with Gasteiger partial charge in [0.2, 0.25) is 0 Å². The Balaban J connectivity index is 1.50. The molecule has 2 amide bonds. The number of benzene rings is 3. The smallest absolute Gasteiger partial charge is 0.313 e. The zero-order valence-electron chi connectivity index (χ0n) is 18.0. The molecule has 1 aliphatic rings. The van der Waals surface area contributed by atoms with Gasteiger partial charge in [0.25, 0.3) is 0 Å². The van der Waals surface area contributed by atoms with Crippen LogP contribution in [-0.4, -0.2) is 55.8 Å². The fraction of sp³-hybridized carbons (Fsp3) is 0.280. The van der Waals surface area contributed by atoms with Crippen LogP contribution in [0.5, 0.6) is 0 Å². The molecule has 3 aromatic rings. The number of hydrogen-bond acceptors (Lipinski definition) is 5. The minimum Gasteiger partial charge on any atom is -0.379 e. The minimum atomic E-state index is -0.665. The number of carbonyl (C=O) groups excluding carboxylic acids is 2. The molecular formula is C25H27N3O3S. The van der Waals surface area contributed by atoms with Gasteiger partial charge in [0.1, 0.15) is 0 Å². The quantitative estimate of drug-likeness (QED) is 0.444. The number of nitrogens with one attached hydrogen (secondary N) is 2. The fourth-order valence-electron chi connectivity index (χ4n) is 4.02. The maximum absolute atomic E-state index is 12.6. The number of anilines is 1. The molecule has 1 fully saturated rings. The molecule has 1 saturated heterocycles. The van der Waals surface area contributed by atoms with Gasteiger partial charge in [-0.1, -0.05) is 48.5 Å². The Kier molecular flexibility index (Phi) is 7.42. The number of morpholine rings is 1. The van der Waals surface area contributed by atoms with Gasteiger partial charge in [-0.15, -0.1) is 11.8 Å². The average Bonchev–Trinajstić information content (AvgIpc) is 2.85. The highest BCUT2D eigenvalue weighted by molar-refractivity contribution is 7.98. The highest BCUT2D eigenvalue weighted by Crippen LogP contribution is 2.28. The summed E-state index contributed by atoms with van der Waals surface area (Å²) in [5, 5.41) is 7.85. The van der Waals surface area contributed by atoms with Crippen LogP contribution in [0.3, 0.4) is 0 Å². The molecule has 0 radical (unpaired) electrons. The minimum absolute atomic E-state index is 0.0541. The summed E-state index contributed by atoms with van der Waals surface area (Å²) >= 11 is 1.58. The molecule has 0 spiro atoms. The first kappa shape index (κ1) is 22.3. The van der Waals surface area contributed by atoms with E-state index in [9.17, 15) is 9.59 Å². The van der Waals surface area contributed by atoms with Gasteiger partial charge in [0, 0.05) is 30.2 Å². The summed E-state index contributed by atoms with van der Waals surface area (Å²) in [6.45, 7) is 3.20. The SMILES string of the molecule is CSc1cccc(NC(=O)C(=O)NCC(c2cccc3ccccc23)N2CCOCC2)c1. The molecule has 0 aromatic heterocycles. The molecule has 2 N–H and O–H groups in total. The summed E-state index contributed by atoms with van der Waals surface area (Å²) < 4.78 is 5.53. The zero-order chi connectivity index (χ0) is 22.3. The van der Waals surface area contributed by atoms with Gasteiger partial charge in [-0.2, -0.15) is 0 Å². The lowest BCUT2D eigenvalue weighted by atomic mass is 9.97. The van der Waals surface area contributed by atoms with Crippen LogP contribution in [0.15, 0.2) is 71.6 Å². The van der Waals surface area contributed by atoms with Gasteiger partial charge < -0.3 is 15.4 Å². The molecule has 1 aliphatic heterocycles. The number of nitrogens with zero attached hydrogens (tertiary/aromatic N) is 1. The van der Waals surface area contributed by atoms with Crippen molar-refractivity contribution in [3.63, 3.8) is 0 Å². The van der Waals surface area contributed by atoms with Gasteiger partial charge >= 0.3 is 11.8 Å². The summed E-state index contributed by atoms with van der Waals surface area (Å²) in [6, 6.07) is 21.8. The van der Waals surface area contributed by atoms with Crippen molar-refractivity contribution in [2.75, 3.05) is 44.4 Å². The maximum atomic E-state index is 12.6. The molecule has 1 unspecified atom stereocenters. The predicted molar refractivity (Wildman–Crippen MR) is 129 cm³/mol. The van der Waals surface area contributed by atoms with Crippen molar-refractivity contribution in [3.05, 3.63) is 72.3 Å². The Hall–Kier alpha value is -2.87. The largest absolute Gasteiger partial charge is 0.379 e. The van der Waals surface area contributed by atoms with Crippen LogP contribution < -0.4 is 10.6 Å². The molecule has 1 atom stereocenters. The van der Waals surface area contributed by atoms with E-state index in [2.05, 4.69) is 39.8 Å². The first-order valence-electron chi connectivity index (χ1n) is 10.7. The Morgan fingerprint density at radius 3 is 2.56 bits per heavy atom. The van der Waals surface area contributed by atoms with Crippen molar-refractivity contribution >= 4 is 40.0 Å². The van der Waals surface area contributed by atoms with E-state index < -0.39 is 11.8 Å². The lowest BCUT2D eigenvalue weighted by Crippen LogP contribution is -2.45. The molecule has 6 nitrogen and oxygen atoms in total. The van der Waals surface area contributed by atoms with Crippen LogP contribution in [0.1, 0.15) is 11.6 Å². The Morgan fingerprint density at radius 2 is 1.75 bits per heavy atom. The Morgan fingerprint density at radius 1 is 1.00 bits per heavy atom. The molecule has 0 aliphatic carbocycles. The first-order valence-corrected chi connectivity index (χ1v) is 11.9. The summed E-state index contributed by atoms with van der Waals surface area (Å²) in [4.78, 5) is 28.4. The second-order valence-corrected chi connectivity index (χ2v) is 8.51. The molecular weight excluding hydrogens is 422 g/mol. The van der Waals surface area contributed by atoms with Crippen molar-refractivity contribution in [1.29, 1.82) is 0 Å². The third-order valence-corrected chi connectivity index (χ3v) is 6.38. The second-order valence-electron chi connectivity index (χ2n) is 7.63. The number of fused-ring (bicyclic) bond motifs is 1. The van der Waals surface area contributed by atoms with Crippen LogP contribution in [-0.2, 0) is 14.3 Å². The molecule has 32 heavy (non-hydrogen) atoms. The summed E-state index contributed by atoms with van der Waals surface area (Å²) in [5.41, 5.74) is 1.74. The van der Waals surface area contributed by atoms with E-state index in [-0.39, 0.29) is 6.04 Å². The van der Waals surface area contributed by atoms with Crippen LogP contribution in [0.4, 0.5) is 5.69 Å². The number of ether oxygens (including phenoxy) is 1. The van der Waals surface area contributed by atoms with Crippen LogP contribution in [0.2, 0.25) is 0 Å². The van der Waals surface area contributed by atoms with E-state index in [0.29, 0.717) is 25.4 Å². The molecule has 3 aromatic carbocycles. The van der Waals surface area contributed by atoms with Crippen molar-refractivity contribution in [3.8, 4) is 0 Å².